The summed E-state index contributed by atoms with van der Waals surface area (Å²) in [7, 11) is 0. The van der Waals surface area contributed by atoms with Gasteiger partial charge in [0.25, 0.3) is 0 Å². The van der Waals surface area contributed by atoms with Gasteiger partial charge in [-0.15, -0.1) is 11.8 Å². The normalized spacial score (nSPS) is 28.1. The van der Waals surface area contributed by atoms with E-state index in [0.717, 1.165) is 25.9 Å². The molecule has 1 N–H and O–H groups in total. The summed E-state index contributed by atoms with van der Waals surface area (Å²) in [5.41, 5.74) is 1.28. The molecule has 18 heavy (non-hydrogen) atoms. The van der Waals surface area contributed by atoms with Crippen molar-refractivity contribution >= 4 is 17.4 Å². The molecule has 1 fully saturated rings. The van der Waals surface area contributed by atoms with Gasteiger partial charge < -0.3 is 10.1 Å². The van der Waals surface area contributed by atoms with Crippen molar-refractivity contribution in [2.45, 2.75) is 49.6 Å². The van der Waals surface area contributed by atoms with Crippen LogP contribution in [0.2, 0.25) is 0 Å². The van der Waals surface area contributed by atoms with Crippen molar-refractivity contribution in [1.82, 2.24) is 0 Å². The standard InChI is InChI=1S/C15H23NOS/c1-4-15(2)11-13(8-9-17-15)16-12-6-5-7-14(10-12)18-3/h5-7,10,13,16H,4,8-9,11H2,1-3H3. The molecule has 2 atom stereocenters. The number of rotatable bonds is 4. The van der Waals surface area contributed by atoms with Crippen LogP contribution in [0.15, 0.2) is 29.2 Å². The second-order valence-corrected chi connectivity index (χ2v) is 6.10. The molecule has 0 aromatic heterocycles. The third kappa shape index (κ3) is 3.42. The highest BCUT2D eigenvalue weighted by molar-refractivity contribution is 7.98. The Morgan fingerprint density at radius 3 is 3.06 bits per heavy atom. The summed E-state index contributed by atoms with van der Waals surface area (Å²) in [6.45, 7) is 5.29. The Morgan fingerprint density at radius 1 is 1.50 bits per heavy atom. The van der Waals surface area contributed by atoms with Crippen LogP contribution in [0.1, 0.15) is 33.1 Å². The maximum absolute atomic E-state index is 5.88. The van der Waals surface area contributed by atoms with Gasteiger partial charge in [0, 0.05) is 23.2 Å². The predicted molar refractivity (Wildman–Crippen MR) is 79.5 cm³/mol. The Bertz CT molecular complexity index is 396. The topological polar surface area (TPSA) is 21.3 Å². The van der Waals surface area contributed by atoms with Crippen LogP contribution in [0.5, 0.6) is 0 Å². The van der Waals surface area contributed by atoms with Gasteiger partial charge in [0.1, 0.15) is 0 Å². The number of thioether (sulfide) groups is 1. The highest BCUT2D eigenvalue weighted by atomic mass is 32.2. The smallest absolute Gasteiger partial charge is 0.0671 e. The van der Waals surface area contributed by atoms with Crippen molar-refractivity contribution in [3.8, 4) is 0 Å². The van der Waals surface area contributed by atoms with Crippen LogP contribution in [0.4, 0.5) is 5.69 Å². The summed E-state index contributed by atoms with van der Waals surface area (Å²) in [5.74, 6) is 0. The van der Waals surface area contributed by atoms with E-state index in [2.05, 4.69) is 49.7 Å². The molecule has 0 bridgehead atoms. The third-order valence-corrected chi connectivity index (χ3v) is 4.51. The predicted octanol–water partition coefficient (Wildman–Crippen LogP) is 4.17. The van der Waals surface area contributed by atoms with E-state index in [4.69, 9.17) is 4.74 Å². The average Bonchev–Trinajstić information content (AvgIpc) is 2.39. The molecule has 1 aromatic rings. The second kappa shape index (κ2) is 5.98. The van der Waals surface area contributed by atoms with Gasteiger partial charge in [-0.3, -0.25) is 0 Å². The Balaban J connectivity index is 2.00. The number of nitrogens with one attached hydrogen (secondary N) is 1. The minimum atomic E-state index is 0.0486. The molecule has 3 heteroatoms. The lowest BCUT2D eigenvalue weighted by Crippen LogP contribution is -2.41. The summed E-state index contributed by atoms with van der Waals surface area (Å²) in [6.07, 6.45) is 5.38. The fourth-order valence-electron chi connectivity index (χ4n) is 2.45. The van der Waals surface area contributed by atoms with E-state index in [0.29, 0.717) is 6.04 Å². The monoisotopic (exact) mass is 265 g/mol. The highest BCUT2D eigenvalue weighted by Crippen LogP contribution is 2.30. The summed E-state index contributed by atoms with van der Waals surface area (Å²) >= 11 is 1.78. The van der Waals surface area contributed by atoms with Crippen molar-refractivity contribution in [3.63, 3.8) is 0 Å². The van der Waals surface area contributed by atoms with Crippen LogP contribution in [-0.4, -0.2) is 24.5 Å². The summed E-state index contributed by atoms with van der Waals surface area (Å²) in [5, 5.41) is 3.65. The van der Waals surface area contributed by atoms with E-state index in [1.165, 1.54) is 10.6 Å². The van der Waals surface area contributed by atoms with Gasteiger partial charge in [0.2, 0.25) is 0 Å². The number of hydrogen-bond acceptors (Lipinski definition) is 3. The van der Waals surface area contributed by atoms with Gasteiger partial charge in [-0.2, -0.15) is 0 Å². The molecule has 2 rings (SSSR count). The van der Waals surface area contributed by atoms with Crippen LogP contribution in [-0.2, 0) is 4.74 Å². The van der Waals surface area contributed by atoms with Crippen LogP contribution in [0.3, 0.4) is 0 Å². The van der Waals surface area contributed by atoms with Crippen molar-refractivity contribution in [2.75, 3.05) is 18.2 Å². The number of anilines is 1. The van der Waals surface area contributed by atoms with Crippen molar-refractivity contribution < 1.29 is 4.74 Å². The van der Waals surface area contributed by atoms with Gasteiger partial charge in [-0.1, -0.05) is 13.0 Å². The zero-order valence-electron chi connectivity index (χ0n) is 11.5. The minimum Gasteiger partial charge on any atom is -0.382 e. The lowest BCUT2D eigenvalue weighted by Gasteiger charge is -2.38. The summed E-state index contributed by atoms with van der Waals surface area (Å²) < 4.78 is 5.88. The average molecular weight is 265 g/mol. The summed E-state index contributed by atoms with van der Waals surface area (Å²) in [6, 6.07) is 9.17. The molecule has 100 valence electrons. The first-order valence-corrected chi connectivity index (χ1v) is 7.92. The third-order valence-electron chi connectivity index (χ3n) is 3.78. The zero-order chi connectivity index (χ0) is 13.0. The first kappa shape index (κ1) is 13.8. The van der Waals surface area contributed by atoms with Crippen molar-refractivity contribution in [3.05, 3.63) is 24.3 Å². The molecule has 0 saturated carbocycles. The fraction of sp³-hybridized carbons (Fsp3) is 0.600. The van der Waals surface area contributed by atoms with Crippen LogP contribution in [0, 0.1) is 0 Å². The molecule has 1 heterocycles. The van der Waals surface area contributed by atoms with Crippen LogP contribution >= 0.6 is 11.8 Å². The molecule has 1 saturated heterocycles. The second-order valence-electron chi connectivity index (χ2n) is 5.22. The molecule has 1 aliphatic rings. The Kier molecular flexibility index (Phi) is 4.57. The maximum Gasteiger partial charge on any atom is 0.0671 e. The molecule has 2 nitrogen and oxygen atoms in total. The van der Waals surface area contributed by atoms with Crippen LogP contribution in [0.25, 0.3) is 0 Å². The Labute approximate surface area is 114 Å². The molecule has 0 aliphatic carbocycles. The van der Waals surface area contributed by atoms with Gasteiger partial charge in [-0.25, -0.2) is 0 Å². The quantitative estimate of drug-likeness (QED) is 0.826. The largest absolute Gasteiger partial charge is 0.382 e. The number of benzene rings is 1. The van der Waals surface area contributed by atoms with Gasteiger partial charge in [-0.05, 0) is 50.6 Å². The Morgan fingerprint density at radius 2 is 2.33 bits per heavy atom. The molecule has 1 aliphatic heterocycles. The highest BCUT2D eigenvalue weighted by Gasteiger charge is 2.31. The van der Waals surface area contributed by atoms with Crippen LogP contribution < -0.4 is 5.32 Å². The van der Waals surface area contributed by atoms with Gasteiger partial charge in [0.05, 0.1) is 5.60 Å². The molecular formula is C15H23NOS. The fourth-order valence-corrected chi connectivity index (χ4v) is 2.91. The molecular weight excluding hydrogens is 242 g/mol. The molecule has 0 radical (unpaired) electrons. The van der Waals surface area contributed by atoms with Gasteiger partial charge in [0.15, 0.2) is 0 Å². The number of hydrogen-bond donors (Lipinski definition) is 1. The SMILES string of the molecule is CCC1(C)CC(Nc2cccc(SC)c2)CCO1. The summed E-state index contributed by atoms with van der Waals surface area (Å²) in [4.78, 5) is 1.31. The lowest BCUT2D eigenvalue weighted by molar-refractivity contribution is -0.0708. The molecule has 1 aromatic carbocycles. The van der Waals surface area contributed by atoms with Crippen molar-refractivity contribution in [1.29, 1.82) is 0 Å². The minimum absolute atomic E-state index is 0.0486. The van der Waals surface area contributed by atoms with E-state index >= 15 is 0 Å². The van der Waals surface area contributed by atoms with Gasteiger partial charge >= 0.3 is 0 Å². The maximum atomic E-state index is 5.88. The molecule has 0 spiro atoms. The molecule has 2 unspecified atom stereocenters. The molecule has 0 amide bonds. The van der Waals surface area contributed by atoms with E-state index in [1.54, 1.807) is 11.8 Å². The van der Waals surface area contributed by atoms with E-state index in [9.17, 15) is 0 Å². The van der Waals surface area contributed by atoms with E-state index < -0.39 is 0 Å². The first-order valence-electron chi connectivity index (χ1n) is 6.70. The Hall–Kier alpha value is -0.670. The lowest BCUT2D eigenvalue weighted by atomic mass is 9.90. The number of ether oxygens (including phenoxy) is 1. The van der Waals surface area contributed by atoms with Crippen molar-refractivity contribution in [2.24, 2.45) is 0 Å². The first-order chi connectivity index (χ1) is 8.65. The zero-order valence-corrected chi connectivity index (χ0v) is 12.3. The van der Waals surface area contributed by atoms with E-state index in [-0.39, 0.29) is 5.60 Å². The van der Waals surface area contributed by atoms with E-state index in [1.807, 2.05) is 0 Å².